The molecule has 8 heteroatoms. The van der Waals surface area contributed by atoms with E-state index in [0.717, 1.165) is 54.9 Å². The quantitative estimate of drug-likeness (QED) is 0.607. The molecule has 0 aromatic carbocycles. The normalized spacial score (nSPS) is 34.1. The molecular formula is C22H29N5O3. The number of aromatic nitrogens is 3. The maximum Gasteiger partial charge on any atom is 0.261 e. The highest BCUT2D eigenvalue weighted by atomic mass is 16.5. The summed E-state index contributed by atoms with van der Waals surface area (Å²) >= 11 is 0. The van der Waals surface area contributed by atoms with E-state index in [4.69, 9.17) is 4.52 Å². The third kappa shape index (κ3) is 2.84. The van der Waals surface area contributed by atoms with Crippen LogP contribution in [0.25, 0.3) is 11.5 Å². The van der Waals surface area contributed by atoms with Gasteiger partial charge >= 0.3 is 0 Å². The zero-order valence-electron chi connectivity index (χ0n) is 17.5. The van der Waals surface area contributed by atoms with Crippen LogP contribution in [0.1, 0.15) is 57.3 Å². The Labute approximate surface area is 175 Å². The second kappa shape index (κ2) is 6.17. The zero-order valence-corrected chi connectivity index (χ0v) is 17.5. The van der Waals surface area contributed by atoms with Gasteiger partial charge < -0.3 is 25.4 Å². The standard InChI is InChI=1S/C22H29N5O3/c1-21(2,28)20-26-19(30-27-20)15-10-24-18-14(3-4-23-18)17(15)25-16-12-5-11-6-13(16)9-22(29,7-11)8-12/h10-13,16,28-29H,3-9H2,1-2H3,(H2,23,24,25)/t11?,12-,13+,16?,22?. The van der Waals surface area contributed by atoms with Crippen molar-refractivity contribution in [3.8, 4) is 11.5 Å². The molecule has 0 amide bonds. The first-order valence-electron chi connectivity index (χ1n) is 11.1. The lowest BCUT2D eigenvalue weighted by Crippen LogP contribution is -2.59. The van der Waals surface area contributed by atoms with Crippen molar-refractivity contribution >= 4 is 11.5 Å². The molecular weight excluding hydrogens is 382 g/mol. The molecule has 5 atom stereocenters. The Bertz CT molecular complexity index is 981. The highest BCUT2D eigenvalue weighted by Crippen LogP contribution is 2.56. The molecule has 2 aromatic rings. The number of aliphatic hydroxyl groups is 2. The number of nitrogens with zero attached hydrogens (tertiary/aromatic N) is 3. The molecule has 3 heterocycles. The van der Waals surface area contributed by atoms with Gasteiger partial charge in [0.2, 0.25) is 5.82 Å². The number of hydrogen-bond donors (Lipinski definition) is 4. The first kappa shape index (κ1) is 18.6. The maximum absolute atomic E-state index is 10.9. The summed E-state index contributed by atoms with van der Waals surface area (Å²) < 4.78 is 5.54. The van der Waals surface area contributed by atoms with Crippen LogP contribution in [0.3, 0.4) is 0 Å². The van der Waals surface area contributed by atoms with E-state index in [2.05, 4.69) is 25.8 Å². The van der Waals surface area contributed by atoms with E-state index < -0.39 is 11.2 Å². The number of rotatable bonds is 4. The number of hydrogen-bond acceptors (Lipinski definition) is 8. The summed E-state index contributed by atoms with van der Waals surface area (Å²) in [4.78, 5) is 9.05. The molecule has 0 saturated heterocycles. The van der Waals surface area contributed by atoms with E-state index >= 15 is 0 Å². The first-order valence-corrected chi connectivity index (χ1v) is 11.1. The number of fused-ring (bicyclic) bond motifs is 1. The van der Waals surface area contributed by atoms with Crippen molar-refractivity contribution in [2.45, 2.75) is 69.6 Å². The predicted octanol–water partition coefficient (Wildman–Crippen LogP) is 2.68. The maximum atomic E-state index is 10.9. The largest absolute Gasteiger partial charge is 0.390 e. The Morgan fingerprint density at radius 3 is 2.67 bits per heavy atom. The van der Waals surface area contributed by atoms with Crippen molar-refractivity contribution in [2.24, 2.45) is 17.8 Å². The van der Waals surface area contributed by atoms with Gasteiger partial charge in [0.25, 0.3) is 5.89 Å². The van der Waals surface area contributed by atoms with E-state index in [1.807, 2.05) is 0 Å². The Kier molecular flexibility index (Phi) is 3.82. The van der Waals surface area contributed by atoms with Crippen LogP contribution < -0.4 is 10.6 Å². The monoisotopic (exact) mass is 411 g/mol. The highest BCUT2D eigenvalue weighted by molar-refractivity contribution is 5.80. The SMILES string of the molecule is CC(C)(O)c1noc(-c2cnc3c(c2NC2[C@@H]4CC5C[C@H]2CC(O)(C5)C4)CCN3)n1. The van der Waals surface area contributed by atoms with E-state index in [9.17, 15) is 10.2 Å². The first-order chi connectivity index (χ1) is 14.3. The lowest BCUT2D eigenvalue weighted by molar-refractivity contribution is -0.129. The molecule has 4 bridgehead atoms. The van der Waals surface area contributed by atoms with Gasteiger partial charge in [0, 0.05) is 24.3 Å². The van der Waals surface area contributed by atoms with Crippen LogP contribution in [-0.2, 0) is 12.0 Å². The smallest absolute Gasteiger partial charge is 0.261 e. The van der Waals surface area contributed by atoms with Gasteiger partial charge in [-0.05, 0) is 70.1 Å². The predicted molar refractivity (Wildman–Crippen MR) is 111 cm³/mol. The minimum Gasteiger partial charge on any atom is -0.390 e. The number of anilines is 2. The topological polar surface area (TPSA) is 116 Å². The number of pyridine rings is 1. The van der Waals surface area contributed by atoms with Gasteiger partial charge in [-0.2, -0.15) is 4.98 Å². The Morgan fingerprint density at radius 1 is 1.23 bits per heavy atom. The minimum absolute atomic E-state index is 0.263. The van der Waals surface area contributed by atoms with E-state index in [1.165, 1.54) is 12.8 Å². The van der Waals surface area contributed by atoms with Crippen molar-refractivity contribution in [3.05, 3.63) is 17.6 Å². The van der Waals surface area contributed by atoms with Gasteiger partial charge in [0.1, 0.15) is 11.4 Å². The molecule has 4 fully saturated rings. The van der Waals surface area contributed by atoms with Crippen molar-refractivity contribution in [3.63, 3.8) is 0 Å². The minimum atomic E-state index is -1.17. The molecule has 4 saturated carbocycles. The van der Waals surface area contributed by atoms with Gasteiger partial charge in [0.05, 0.1) is 16.9 Å². The molecule has 8 nitrogen and oxygen atoms in total. The zero-order chi connectivity index (χ0) is 20.7. The van der Waals surface area contributed by atoms with Crippen LogP contribution in [0.5, 0.6) is 0 Å². The average Bonchev–Trinajstić information content (AvgIpc) is 3.32. The van der Waals surface area contributed by atoms with Crippen molar-refractivity contribution in [1.29, 1.82) is 0 Å². The van der Waals surface area contributed by atoms with Gasteiger partial charge in [-0.1, -0.05) is 5.16 Å². The summed E-state index contributed by atoms with van der Waals surface area (Å²) in [6.45, 7) is 4.15. The molecule has 0 spiro atoms. The second-order valence-electron chi connectivity index (χ2n) is 10.4. The van der Waals surface area contributed by atoms with Crippen molar-refractivity contribution < 1.29 is 14.7 Å². The van der Waals surface area contributed by atoms with E-state index in [1.54, 1.807) is 20.0 Å². The Morgan fingerprint density at radius 2 is 2.00 bits per heavy atom. The van der Waals surface area contributed by atoms with E-state index in [-0.39, 0.29) is 5.82 Å². The lowest BCUT2D eigenvalue weighted by atomic mass is 9.52. The Hall–Kier alpha value is -2.19. The average molecular weight is 412 g/mol. The number of nitrogens with one attached hydrogen (secondary N) is 2. The molecule has 5 aliphatic rings. The van der Waals surface area contributed by atoms with Crippen LogP contribution in [0.2, 0.25) is 0 Å². The molecule has 0 radical (unpaired) electrons. The van der Waals surface area contributed by atoms with Gasteiger partial charge in [0.15, 0.2) is 0 Å². The summed E-state index contributed by atoms with van der Waals surface area (Å²) in [7, 11) is 0. The summed E-state index contributed by atoms with van der Waals surface area (Å²) in [6, 6.07) is 0.337. The van der Waals surface area contributed by atoms with Crippen molar-refractivity contribution in [2.75, 3.05) is 17.2 Å². The third-order valence-corrected chi connectivity index (χ3v) is 7.60. The molecule has 4 N–H and O–H groups in total. The molecule has 7 rings (SSSR count). The van der Waals surface area contributed by atoms with Crippen molar-refractivity contribution in [1.82, 2.24) is 15.1 Å². The van der Waals surface area contributed by atoms with Crippen LogP contribution in [0, 0.1) is 17.8 Å². The van der Waals surface area contributed by atoms with Crippen LogP contribution in [-0.4, -0.2) is 43.5 Å². The molecule has 30 heavy (non-hydrogen) atoms. The molecule has 160 valence electrons. The molecule has 1 aliphatic heterocycles. The van der Waals surface area contributed by atoms with E-state index in [0.29, 0.717) is 29.7 Å². The lowest BCUT2D eigenvalue weighted by Gasteiger charge is -2.58. The fraction of sp³-hybridized carbons (Fsp3) is 0.682. The summed E-state index contributed by atoms with van der Waals surface area (Å²) in [5, 5.41) is 32.4. The second-order valence-corrected chi connectivity index (χ2v) is 10.4. The molecule has 4 aliphatic carbocycles. The summed E-state index contributed by atoms with van der Waals surface area (Å²) in [5.41, 5.74) is 1.34. The summed E-state index contributed by atoms with van der Waals surface area (Å²) in [6.07, 6.45) is 7.82. The third-order valence-electron chi connectivity index (χ3n) is 7.60. The van der Waals surface area contributed by atoms with Gasteiger partial charge in [-0.15, -0.1) is 0 Å². The van der Waals surface area contributed by atoms with Crippen LogP contribution in [0.15, 0.2) is 10.7 Å². The summed E-state index contributed by atoms with van der Waals surface area (Å²) in [5.74, 6) is 3.19. The van der Waals surface area contributed by atoms with Gasteiger partial charge in [-0.3, -0.25) is 0 Å². The molecule has 2 aromatic heterocycles. The fourth-order valence-corrected chi connectivity index (χ4v) is 6.55. The van der Waals surface area contributed by atoms with Crippen LogP contribution in [0.4, 0.5) is 11.5 Å². The highest BCUT2D eigenvalue weighted by Gasteiger charge is 2.55. The van der Waals surface area contributed by atoms with Crippen LogP contribution >= 0.6 is 0 Å². The van der Waals surface area contributed by atoms with Gasteiger partial charge in [-0.25, -0.2) is 4.98 Å². The Balaban J connectivity index is 1.39. The molecule has 3 unspecified atom stereocenters. The fourth-order valence-electron chi connectivity index (χ4n) is 6.55.